The number of nitrogens with zero attached hydrogens (tertiary/aromatic N) is 2. The number of anilines is 2. The zero-order valence-corrected chi connectivity index (χ0v) is 20.6. The lowest BCUT2D eigenvalue weighted by molar-refractivity contribution is 0.625. The van der Waals surface area contributed by atoms with Crippen molar-refractivity contribution in [2.24, 2.45) is 4.99 Å². The van der Waals surface area contributed by atoms with Crippen molar-refractivity contribution in [3.63, 3.8) is 0 Å². The third-order valence-corrected chi connectivity index (χ3v) is 6.77. The van der Waals surface area contributed by atoms with Gasteiger partial charge in [0, 0.05) is 16.6 Å². The molecular weight excluding hydrogens is 466 g/mol. The number of rotatable bonds is 4. The van der Waals surface area contributed by atoms with Gasteiger partial charge < -0.3 is 10.2 Å². The van der Waals surface area contributed by atoms with E-state index in [1.807, 2.05) is 6.07 Å². The van der Waals surface area contributed by atoms with Crippen LogP contribution in [0.15, 0.2) is 76.2 Å². The van der Waals surface area contributed by atoms with Crippen LogP contribution in [0.1, 0.15) is 29.2 Å². The number of aliphatic imine (C=N–C) groups is 1. The van der Waals surface area contributed by atoms with Gasteiger partial charge in [0.1, 0.15) is 11.4 Å². The smallest absolute Gasteiger partial charge is 0.202 e. The Morgan fingerprint density at radius 3 is 2.29 bits per heavy atom. The number of thiocarbonyl (C=S) groups is 1. The van der Waals surface area contributed by atoms with Gasteiger partial charge >= 0.3 is 0 Å². The van der Waals surface area contributed by atoms with Crippen LogP contribution < -0.4 is 10.2 Å². The zero-order chi connectivity index (χ0) is 22.2. The van der Waals surface area contributed by atoms with Crippen molar-refractivity contribution in [2.75, 3.05) is 10.2 Å². The summed E-state index contributed by atoms with van der Waals surface area (Å²) in [6.07, 6.45) is 0.769. The van der Waals surface area contributed by atoms with E-state index in [1.54, 1.807) is 0 Å². The van der Waals surface area contributed by atoms with Crippen LogP contribution in [0.5, 0.6) is 0 Å². The van der Waals surface area contributed by atoms with Crippen molar-refractivity contribution < 1.29 is 0 Å². The zero-order valence-electron chi connectivity index (χ0n) is 18.2. The average molecular weight is 492 g/mol. The van der Waals surface area contributed by atoms with Gasteiger partial charge in [0.15, 0.2) is 0 Å². The van der Waals surface area contributed by atoms with Crippen LogP contribution in [-0.4, -0.2) is 16.5 Å². The number of amidine groups is 1. The molecular formula is C26H26BrN3S. The first-order valence-electron chi connectivity index (χ1n) is 10.4. The lowest BCUT2D eigenvalue weighted by Gasteiger charge is -2.38. The van der Waals surface area contributed by atoms with Crippen LogP contribution in [0.3, 0.4) is 0 Å². The van der Waals surface area contributed by atoms with Crippen molar-refractivity contribution in [3.8, 4) is 0 Å². The fraction of sp³-hybridized carbons (Fsp3) is 0.231. The Bertz CT molecular complexity index is 1150. The molecule has 31 heavy (non-hydrogen) atoms. The number of benzene rings is 3. The lowest BCUT2D eigenvalue weighted by Crippen LogP contribution is -2.53. The second-order valence-corrected chi connectivity index (χ2v) is 9.58. The molecule has 3 aromatic rings. The van der Waals surface area contributed by atoms with Crippen molar-refractivity contribution in [2.45, 2.75) is 39.7 Å². The first kappa shape index (κ1) is 21.7. The summed E-state index contributed by atoms with van der Waals surface area (Å²) < 4.78 is 1.01. The molecule has 0 saturated heterocycles. The van der Waals surface area contributed by atoms with Crippen LogP contribution in [-0.2, 0) is 6.42 Å². The molecule has 4 rings (SSSR count). The van der Waals surface area contributed by atoms with Gasteiger partial charge in [0.25, 0.3) is 0 Å². The summed E-state index contributed by atoms with van der Waals surface area (Å²) in [6, 6.07) is 23.2. The fourth-order valence-electron chi connectivity index (χ4n) is 4.19. The maximum absolute atomic E-state index is 5.82. The van der Waals surface area contributed by atoms with E-state index in [4.69, 9.17) is 17.2 Å². The summed E-state index contributed by atoms with van der Waals surface area (Å²) in [5.41, 5.74) is 6.45. The molecule has 1 aliphatic rings. The SMILES string of the molecule is Cc1ccc(N2C(=S)N=C(Nc3c(C)cccc3C)C2(C)Cc2ccccc2)c(Br)c1. The van der Waals surface area contributed by atoms with E-state index in [0.29, 0.717) is 5.11 Å². The topological polar surface area (TPSA) is 27.6 Å². The highest BCUT2D eigenvalue weighted by Gasteiger charge is 2.46. The number of halogens is 1. The summed E-state index contributed by atoms with van der Waals surface area (Å²) in [6.45, 7) is 8.54. The van der Waals surface area contributed by atoms with Gasteiger partial charge in [-0.25, -0.2) is 4.99 Å². The van der Waals surface area contributed by atoms with Crippen molar-refractivity contribution in [3.05, 3.63) is 93.5 Å². The second-order valence-electron chi connectivity index (χ2n) is 8.36. The third kappa shape index (κ3) is 4.17. The lowest BCUT2D eigenvalue weighted by atomic mass is 9.89. The Balaban J connectivity index is 1.82. The van der Waals surface area contributed by atoms with Gasteiger partial charge in [-0.3, -0.25) is 0 Å². The largest absolute Gasteiger partial charge is 0.341 e. The van der Waals surface area contributed by atoms with Gasteiger partial charge in [0.2, 0.25) is 5.11 Å². The van der Waals surface area contributed by atoms with Crippen LogP contribution in [0, 0.1) is 20.8 Å². The van der Waals surface area contributed by atoms with Gasteiger partial charge in [-0.2, -0.15) is 0 Å². The standard InChI is InChI=1S/C26H26BrN3S/c1-17-13-14-22(21(27)15-17)30-25(31)29-24(28-23-18(2)9-8-10-19(23)3)26(30,4)16-20-11-6-5-7-12-20/h5-15H,16H2,1-4H3,(H,28,29,31). The first-order chi connectivity index (χ1) is 14.8. The van der Waals surface area contributed by atoms with E-state index in [1.165, 1.54) is 22.3 Å². The van der Waals surface area contributed by atoms with Gasteiger partial charge in [0.05, 0.1) is 5.69 Å². The van der Waals surface area contributed by atoms with Gasteiger partial charge in [-0.15, -0.1) is 0 Å². The van der Waals surface area contributed by atoms with Crippen LogP contribution in [0.2, 0.25) is 0 Å². The molecule has 3 aromatic carbocycles. The first-order valence-corrected chi connectivity index (χ1v) is 11.6. The van der Waals surface area contributed by atoms with E-state index < -0.39 is 5.54 Å². The molecule has 3 nitrogen and oxygen atoms in total. The number of aryl methyl sites for hydroxylation is 3. The average Bonchev–Trinajstić information content (AvgIpc) is 2.95. The number of hydrogen-bond acceptors (Lipinski definition) is 2. The molecule has 0 saturated carbocycles. The highest BCUT2D eigenvalue weighted by molar-refractivity contribution is 9.10. The molecule has 0 aromatic heterocycles. The Morgan fingerprint density at radius 1 is 0.968 bits per heavy atom. The van der Waals surface area contributed by atoms with E-state index in [0.717, 1.165) is 28.1 Å². The number of hydrogen-bond donors (Lipinski definition) is 1. The molecule has 1 aliphatic heterocycles. The van der Waals surface area contributed by atoms with Crippen molar-refractivity contribution >= 4 is 50.5 Å². The van der Waals surface area contributed by atoms with E-state index in [2.05, 4.69) is 115 Å². The molecule has 0 amide bonds. The quantitative estimate of drug-likeness (QED) is 0.398. The summed E-state index contributed by atoms with van der Waals surface area (Å²) in [5.74, 6) is 0.867. The number of nitrogens with one attached hydrogen (secondary N) is 1. The van der Waals surface area contributed by atoms with E-state index in [-0.39, 0.29) is 0 Å². The minimum atomic E-state index is -0.467. The van der Waals surface area contributed by atoms with Crippen LogP contribution in [0.25, 0.3) is 0 Å². The van der Waals surface area contributed by atoms with Crippen LogP contribution in [0.4, 0.5) is 11.4 Å². The summed E-state index contributed by atoms with van der Waals surface area (Å²) in [7, 11) is 0. The van der Waals surface area contributed by atoms with Crippen molar-refractivity contribution in [1.29, 1.82) is 0 Å². The summed E-state index contributed by atoms with van der Waals surface area (Å²) in [5, 5.41) is 4.22. The molecule has 0 fully saturated rings. The molecule has 1 N–H and O–H groups in total. The predicted octanol–water partition coefficient (Wildman–Crippen LogP) is 6.99. The molecule has 0 radical (unpaired) electrons. The maximum atomic E-state index is 5.82. The maximum Gasteiger partial charge on any atom is 0.202 e. The molecule has 5 heteroatoms. The van der Waals surface area contributed by atoms with E-state index in [9.17, 15) is 0 Å². The molecule has 1 heterocycles. The fourth-order valence-corrected chi connectivity index (χ4v) is 5.26. The Labute approximate surface area is 198 Å². The third-order valence-electron chi connectivity index (χ3n) is 5.86. The summed E-state index contributed by atoms with van der Waals surface area (Å²) >= 11 is 9.58. The Hall–Kier alpha value is -2.50. The number of para-hydroxylation sites is 1. The van der Waals surface area contributed by atoms with Gasteiger partial charge in [-0.1, -0.05) is 54.6 Å². The highest BCUT2D eigenvalue weighted by Crippen LogP contribution is 2.39. The van der Waals surface area contributed by atoms with E-state index >= 15 is 0 Å². The second kappa shape index (κ2) is 8.56. The Kier molecular flexibility index (Phi) is 6.00. The highest BCUT2D eigenvalue weighted by atomic mass is 79.9. The summed E-state index contributed by atoms with van der Waals surface area (Å²) in [4.78, 5) is 7.05. The Morgan fingerprint density at radius 2 is 1.65 bits per heavy atom. The molecule has 0 aliphatic carbocycles. The monoisotopic (exact) mass is 491 g/mol. The van der Waals surface area contributed by atoms with Gasteiger partial charge in [-0.05, 0) is 90.2 Å². The molecule has 158 valence electrons. The predicted molar refractivity (Wildman–Crippen MR) is 139 cm³/mol. The molecule has 1 atom stereocenters. The normalized spacial score (nSPS) is 18.3. The molecule has 0 spiro atoms. The van der Waals surface area contributed by atoms with Crippen molar-refractivity contribution in [1.82, 2.24) is 0 Å². The minimum absolute atomic E-state index is 0.467. The molecule has 0 bridgehead atoms. The minimum Gasteiger partial charge on any atom is -0.341 e. The van der Waals surface area contributed by atoms with Crippen LogP contribution >= 0.6 is 28.1 Å². The molecule has 1 unspecified atom stereocenters.